The summed E-state index contributed by atoms with van der Waals surface area (Å²) in [4.78, 5) is 20.9. The maximum Gasteiger partial charge on any atom is 0.337 e. The van der Waals surface area contributed by atoms with E-state index >= 15 is 0 Å². The zero-order chi connectivity index (χ0) is 21.8. The molecule has 2 aromatic heterocycles. The molecular formula is C25H26N2O4. The lowest BCUT2D eigenvalue weighted by Gasteiger charge is -2.23. The molecule has 160 valence electrons. The number of esters is 1. The normalized spacial score (nSPS) is 12.7. The number of fused-ring (bicyclic) bond motifs is 1. The average Bonchev–Trinajstić information content (AvgIpc) is 2.80. The number of rotatable bonds is 6. The van der Waals surface area contributed by atoms with E-state index in [4.69, 9.17) is 19.2 Å². The highest BCUT2D eigenvalue weighted by atomic mass is 16.5. The summed E-state index contributed by atoms with van der Waals surface area (Å²) in [5.74, 6) is 1.62. The predicted molar refractivity (Wildman–Crippen MR) is 118 cm³/mol. The maximum atomic E-state index is 11.6. The molecule has 0 bridgehead atoms. The van der Waals surface area contributed by atoms with Crippen molar-refractivity contribution in [3.63, 3.8) is 0 Å². The van der Waals surface area contributed by atoms with Gasteiger partial charge in [-0.05, 0) is 69.9 Å². The molecule has 2 heterocycles. The van der Waals surface area contributed by atoms with E-state index in [1.54, 1.807) is 30.5 Å². The largest absolute Gasteiger partial charge is 0.493 e. The topological polar surface area (TPSA) is 70.5 Å². The zero-order valence-corrected chi connectivity index (χ0v) is 18.1. The fraction of sp³-hybridized carbons (Fsp3) is 0.320. The molecule has 1 aromatic carbocycles. The Labute approximate surface area is 182 Å². The van der Waals surface area contributed by atoms with Crippen molar-refractivity contribution in [3.8, 4) is 28.5 Å². The minimum absolute atomic E-state index is 0.381. The smallest absolute Gasteiger partial charge is 0.337 e. The lowest BCUT2D eigenvalue weighted by Crippen LogP contribution is -2.11. The lowest BCUT2D eigenvalue weighted by atomic mass is 9.91. The molecular weight excluding hydrogens is 392 g/mol. The maximum absolute atomic E-state index is 11.6. The van der Waals surface area contributed by atoms with Crippen LogP contribution in [0.25, 0.3) is 11.1 Å². The molecule has 0 amide bonds. The minimum Gasteiger partial charge on any atom is -0.493 e. The number of hydrogen-bond donors (Lipinski definition) is 0. The highest BCUT2D eigenvalue weighted by molar-refractivity contribution is 5.89. The highest BCUT2D eigenvalue weighted by Gasteiger charge is 2.22. The number of benzene rings is 1. The summed E-state index contributed by atoms with van der Waals surface area (Å²) in [6, 6.07) is 10.6. The number of hydrogen-bond acceptors (Lipinski definition) is 6. The second kappa shape index (κ2) is 9.16. The molecule has 3 aromatic rings. The Morgan fingerprint density at radius 2 is 1.84 bits per heavy atom. The van der Waals surface area contributed by atoms with Crippen molar-refractivity contribution >= 4 is 5.97 Å². The number of carbonyl (C=O) groups excluding carboxylic acids is 1. The van der Waals surface area contributed by atoms with Gasteiger partial charge in [0.05, 0.1) is 19.3 Å². The number of ether oxygens (including phenoxy) is 3. The molecule has 0 radical (unpaired) electrons. The van der Waals surface area contributed by atoms with Gasteiger partial charge in [-0.3, -0.25) is 4.98 Å². The van der Waals surface area contributed by atoms with Crippen LogP contribution < -0.4 is 9.47 Å². The van der Waals surface area contributed by atoms with E-state index in [0.29, 0.717) is 23.8 Å². The van der Waals surface area contributed by atoms with Gasteiger partial charge in [-0.1, -0.05) is 0 Å². The molecule has 6 heteroatoms. The third-order valence-corrected chi connectivity index (χ3v) is 5.42. The van der Waals surface area contributed by atoms with E-state index < -0.39 is 0 Å². The fourth-order valence-electron chi connectivity index (χ4n) is 3.96. The highest BCUT2D eigenvalue weighted by Crippen LogP contribution is 2.40. The van der Waals surface area contributed by atoms with Gasteiger partial charge in [-0.25, -0.2) is 9.78 Å². The van der Waals surface area contributed by atoms with Crippen molar-refractivity contribution in [2.45, 2.75) is 39.5 Å². The molecule has 0 unspecified atom stereocenters. The first-order valence-corrected chi connectivity index (χ1v) is 10.6. The monoisotopic (exact) mass is 418 g/mol. The van der Waals surface area contributed by atoms with Crippen LogP contribution in [0.2, 0.25) is 0 Å². The van der Waals surface area contributed by atoms with Gasteiger partial charge in [0, 0.05) is 40.3 Å². The van der Waals surface area contributed by atoms with Gasteiger partial charge in [0.15, 0.2) is 0 Å². The first kappa shape index (κ1) is 20.8. The van der Waals surface area contributed by atoms with Crippen molar-refractivity contribution in [2.75, 3.05) is 13.7 Å². The summed E-state index contributed by atoms with van der Waals surface area (Å²) in [6.07, 6.45) is 6.15. The van der Waals surface area contributed by atoms with Crippen molar-refractivity contribution in [1.82, 2.24) is 9.97 Å². The van der Waals surface area contributed by atoms with Gasteiger partial charge >= 0.3 is 5.97 Å². The molecule has 31 heavy (non-hydrogen) atoms. The van der Waals surface area contributed by atoms with Crippen LogP contribution in [-0.4, -0.2) is 29.7 Å². The van der Waals surface area contributed by atoms with Crippen LogP contribution in [0.4, 0.5) is 0 Å². The Morgan fingerprint density at radius 3 is 2.52 bits per heavy atom. The second-order valence-electron chi connectivity index (χ2n) is 7.47. The summed E-state index contributed by atoms with van der Waals surface area (Å²) in [7, 11) is 1.36. The Hall–Kier alpha value is -3.41. The number of aryl methyl sites for hydroxylation is 2. The van der Waals surface area contributed by atoms with Gasteiger partial charge in [-0.2, -0.15) is 0 Å². The van der Waals surface area contributed by atoms with E-state index in [9.17, 15) is 4.79 Å². The number of nitrogens with zero attached hydrogens (tertiary/aromatic N) is 2. The van der Waals surface area contributed by atoms with E-state index in [-0.39, 0.29) is 5.97 Å². The van der Waals surface area contributed by atoms with Crippen LogP contribution in [0.5, 0.6) is 17.4 Å². The molecule has 0 N–H and O–H groups in total. The van der Waals surface area contributed by atoms with Crippen LogP contribution in [0.1, 0.15) is 47.1 Å². The molecule has 4 rings (SSSR count). The van der Waals surface area contributed by atoms with Crippen molar-refractivity contribution in [1.29, 1.82) is 0 Å². The van der Waals surface area contributed by atoms with Gasteiger partial charge in [-0.15, -0.1) is 0 Å². The SMILES string of the molecule is CCOc1c2c(nc(C)c1-c1ccc(Oc3ccc(C(=O)OC)cc3)nc1)CCCC2. The minimum atomic E-state index is -0.381. The summed E-state index contributed by atoms with van der Waals surface area (Å²) in [5.41, 5.74) is 5.79. The van der Waals surface area contributed by atoms with Crippen LogP contribution in [-0.2, 0) is 17.6 Å². The molecule has 0 saturated heterocycles. The lowest BCUT2D eigenvalue weighted by molar-refractivity contribution is 0.0600. The first-order chi connectivity index (χ1) is 15.1. The quantitative estimate of drug-likeness (QED) is 0.505. The number of pyridine rings is 2. The van der Waals surface area contributed by atoms with Crippen LogP contribution in [0.15, 0.2) is 42.6 Å². The molecule has 0 fully saturated rings. The second-order valence-corrected chi connectivity index (χ2v) is 7.47. The third-order valence-electron chi connectivity index (χ3n) is 5.42. The number of carbonyl (C=O) groups is 1. The summed E-state index contributed by atoms with van der Waals surface area (Å²) in [5, 5.41) is 0. The van der Waals surface area contributed by atoms with Gasteiger partial charge < -0.3 is 14.2 Å². The molecule has 0 saturated carbocycles. The van der Waals surface area contributed by atoms with Crippen molar-refractivity contribution in [2.24, 2.45) is 0 Å². The number of methoxy groups -OCH3 is 1. The van der Waals surface area contributed by atoms with Gasteiger partial charge in [0.25, 0.3) is 0 Å². The third kappa shape index (κ3) is 4.38. The van der Waals surface area contributed by atoms with E-state index in [1.807, 2.05) is 26.0 Å². The van der Waals surface area contributed by atoms with Crippen LogP contribution in [0, 0.1) is 6.92 Å². The molecule has 0 atom stereocenters. The van der Waals surface area contributed by atoms with E-state index in [1.165, 1.54) is 24.8 Å². The van der Waals surface area contributed by atoms with Gasteiger partial charge in [0.2, 0.25) is 5.88 Å². The van der Waals surface area contributed by atoms with E-state index in [2.05, 4.69) is 4.98 Å². The summed E-state index contributed by atoms with van der Waals surface area (Å²) in [6.45, 7) is 4.65. The zero-order valence-electron chi connectivity index (χ0n) is 18.1. The first-order valence-electron chi connectivity index (χ1n) is 10.6. The summed E-state index contributed by atoms with van der Waals surface area (Å²) < 4.78 is 16.6. The predicted octanol–water partition coefficient (Wildman–Crippen LogP) is 5.31. The summed E-state index contributed by atoms with van der Waals surface area (Å²) >= 11 is 0. The molecule has 1 aliphatic carbocycles. The van der Waals surface area contributed by atoms with Crippen LogP contribution in [0.3, 0.4) is 0 Å². The van der Waals surface area contributed by atoms with Crippen LogP contribution >= 0.6 is 0 Å². The number of aromatic nitrogens is 2. The Morgan fingerprint density at radius 1 is 1.06 bits per heavy atom. The Balaban J connectivity index is 1.60. The standard InChI is InChI=1S/C25H26N2O4/c1-4-30-24-20-7-5-6-8-21(20)27-16(2)23(24)18-11-14-22(26-15-18)31-19-12-9-17(10-13-19)25(28)29-3/h9-15H,4-8H2,1-3H3. The molecule has 6 nitrogen and oxygen atoms in total. The Bertz CT molecular complexity index is 1080. The van der Waals surface area contributed by atoms with E-state index in [0.717, 1.165) is 41.8 Å². The van der Waals surface area contributed by atoms with Gasteiger partial charge in [0.1, 0.15) is 11.5 Å². The molecule has 1 aliphatic rings. The molecule has 0 aliphatic heterocycles. The van der Waals surface area contributed by atoms with Crippen molar-refractivity contribution < 1.29 is 19.0 Å². The fourth-order valence-corrected chi connectivity index (χ4v) is 3.96. The van der Waals surface area contributed by atoms with Crippen molar-refractivity contribution in [3.05, 3.63) is 65.1 Å². The molecule has 0 spiro atoms. The Kier molecular flexibility index (Phi) is 6.16. The average molecular weight is 418 g/mol.